The van der Waals surface area contributed by atoms with E-state index in [0.29, 0.717) is 23.8 Å². The number of rotatable bonds is 4. The van der Waals surface area contributed by atoms with Crippen molar-refractivity contribution in [2.24, 2.45) is 0 Å². The molecule has 160 valence electrons. The molecule has 2 amide bonds. The highest BCUT2D eigenvalue weighted by Crippen LogP contribution is 2.44. The van der Waals surface area contributed by atoms with Crippen LogP contribution in [0.2, 0.25) is 0 Å². The van der Waals surface area contributed by atoms with Gasteiger partial charge in [-0.1, -0.05) is 19.8 Å². The second kappa shape index (κ2) is 7.37. The fourth-order valence-electron chi connectivity index (χ4n) is 4.53. The van der Waals surface area contributed by atoms with Crippen molar-refractivity contribution in [3.05, 3.63) is 24.4 Å². The van der Waals surface area contributed by atoms with Crippen LogP contribution in [0.3, 0.4) is 0 Å². The smallest absolute Gasteiger partial charge is 0.273 e. The third-order valence-corrected chi connectivity index (χ3v) is 6.44. The second-order valence-corrected chi connectivity index (χ2v) is 8.54. The Kier molecular flexibility index (Phi) is 4.99. The maximum absolute atomic E-state index is 13.3. The van der Waals surface area contributed by atoms with Gasteiger partial charge in [0.2, 0.25) is 5.95 Å². The van der Waals surface area contributed by atoms with E-state index in [2.05, 4.69) is 21.8 Å². The number of likely N-dealkylation sites (N-methyl/N-ethyl adjacent to an activating group) is 1. The summed E-state index contributed by atoms with van der Waals surface area (Å²) in [5.74, 6) is 1.10. The minimum Gasteiger partial charge on any atom is -0.343 e. The summed E-state index contributed by atoms with van der Waals surface area (Å²) in [5.41, 5.74) is 0.398. The van der Waals surface area contributed by atoms with Crippen LogP contribution in [0.1, 0.15) is 56.4 Å². The van der Waals surface area contributed by atoms with Crippen LogP contribution < -0.4 is 9.80 Å². The summed E-state index contributed by atoms with van der Waals surface area (Å²) in [6.45, 7) is 4.07. The Labute approximate surface area is 176 Å². The monoisotopic (exact) mass is 411 g/mol. The molecule has 1 fully saturated rings. The van der Waals surface area contributed by atoms with Crippen LogP contribution >= 0.6 is 0 Å². The molecule has 0 bridgehead atoms. The minimum atomic E-state index is -0.649. The van der Waals surface area contributed by atoms with E-state index >= 15 is 0 Å². The molecule has 0 aromatic carbocycles. The first-order valence-corrected chi connectivity index (χ1v) is 10.5. The van der Waals surface area contributed by atoms with Gasteiger partial charge in [0.1, 0.15) is 23.2 Å². The number of nitrogens with zero attached hydrogens (tertiary/aromatic N) is 7. The number of hydrogen-bond donors (Lipinski definition) is 0. The lowest BCUT2D eigenvalue weighted by Crippen LogP contribution is -2.63. The Balaban J connectivity index is 1.81. The quantitative estimate of drug-likeness (QED) is 0.767. The molecule has 2 aromatic rings. The molecule has 0 radical (unpaired) electrons. The van der Waals surface area contributed by atoms with Crippen LogP contribution in [0.5, 0.6) is 0 Å². The van der Waals surface area contributed by atoms with Gasteiger partial charge in [-0.05, 0) is 26.2 Å². The van der Waals surface area contributed by atoms with Crippen LogP contribution in [0.15, 0.2) is 18.7 Å². The van der Waals surface area contributed by atoms with Gasteiger partial charge < -0.3 is 14.7 Å². The molecular formula is C21H29N7O2. The second-order valence-electron chi connectivity index (χ2n) is 8.54. The van der Waals surface area contributed by atoms with E-state index in [1.807, 2.05) is 6.92 Å². The van der Waals surface area contributed by atoms with E-state index < -0.39 is 5.54 Å². The van der Waals surface area contributed by atoms with Crippen molar-refractivity contribution >= 4 is 23.3 Å². The van der Waals surface area contributed by atoms with Gasteiger partial charge in [-0.15, -0.1) is 0 Å². The van der Waals surface area contributed by atoms with Gasteiger partial charge in [0.05, 0.1) is 6.20 Å². The Morgan fingerprint density at radius 3 is 2.60 bits per heavy atom. The lowest BCUT2D eigenvalue weighted by atomic mass is 9.89. The van der Waals surface area contributed by atoms with Crippen molar-refractivity contribution < 1.29 is 9.59 Å². The molecular weight excluding hydrogens is 382 g/mol. The molecule has 30 heavy (non-hydrogen) atoms. The van der Waals surface area contributed by atoms with Crippen molar-refractivity contribution in [2.75, 3.05) is 30.9 Å². The zero-order valence-corrected chi connectivity index (χ0v) is 18.3. The third kappa shape index (κ3) is 3.03. The van der Waals surface area contributed by atoms with Gasteiger partial charge in [-0.25, -0.2) is 9.97 Å². The first-order valence-electron chi connectivity index (χ1n) is 10.5. The lowest BCUT2D eigenvalue weighted by Gasteiger charge is -2.50. The molecule has 0 unspecified atom stereocenters. The number of carbonyl (C=O) groups excluding carboxylic acids is 2. The average molecular weight is 412 g/mol. The van der Waals surface area contributed by atoms with Crippen LogP contribution in [0, 0.1) is 0 Å². The fourth-order valence-corrected chi connectivity index (χ4v) is 4.53. The molecule has 9 heteroatoms. The van der Waals surface area contributed by atoms with Crippen LogP contribution in [-0.2, 0) is 4.79 Å². The highest BCUT2D eigenvalue weighted by atomic mass is 16.2. The number of aromatic nitrogens is 4. The minimum absolute atomic E-state index is 0.0715. The van der Waals surface area contributed by atoms with Crippen LogP contribution in [0.4, 0.5) is 11.5 Å². The lowest BCUT2D eigenvalue weighted by molar-refractivity contribution is -0.123. The predicted molar refractivity (Wildman–Crippen MR) is 114 cm³/mol. The fraction of sp³-hybridized carbons (Fsp3) is 0.571. The summed E-state index contributed by atoms with van der Waals surface area (Å²) >= 11 is 0. The molecule has 9 nitrogen and oxygen atoms in total. The number of hydrogen-bond acceptors (Lipinski definition) is 6. The summed E-state index contributed by atoms with van der Waals surface area (Å²) in [6.07, 6.45) is 10.0. The molecule has 4 rings (SSSR count). The van der Waals surface area contributed by atoms with E-state index in [9.17, 15) is 9.59 Å². The SMILES string of the molecule is CC[C@]1(C)C(=O)N(C)c2cnc(-n3cnc(C(=O)N(C)C)c3)nc2N1C1CCCC1. The molecule has 1 saturated carbocycles. The van der Waals surface area contributed by atoms with Gasteiger partial charge in [-0.2, -0.15) is 4.98 Å². The van der Waals surface area contributed by atoms with Gasteiger partial charge in [0.25, 0.3) is 11.8 Å². The molecule has 0 spiro atoms. The normalized spacial score (nSPS) is 21.8. The standard InChI is InChI=1S/C21H29N7O2/c1-6-21(2)19(30)26(5)16-11-22-20(24-17(16)28(21)14-9-7-8-10-14)27-12-15(23-13-27)18(29)25(3)4/h11-14H,6-10H2,1-5H3/t21-/m1/s1. The largest absolute Gasteiger partial charge is 0.343 e. The number of fused-ring (bicyclic) bond motifs is 1. The first kappa shape index (κ1) is 20.3. The van der Waals surface area contributed by atoms with E-state index in [1.54, 1.807) is 49.3 Å². The topological polar surface area (TPSA) is 87.5 Å². The van der Waals surface area contributed by atoms with E-state index in [-0.39, 0.29) is 17.9 Å². The van der Waals surface area contributed by atoms with Gasteiger partial charge in [-0.3, -0.25) is 14.2 Å². The Morgan fingerprint density at radius 1 is 1.27 bits per heavy atom. The zero-order chi connectivity index (χ0) is 21.6. The molecule has 0 saturated heterocycles. The molecule has 2 aromatic heterocycles. The van der Waals surface area contributed by atoms with Gasteiger partial charge >= 0.3 is 0 Å². The number of anilines is 2. The number of imidazole rings is 1. The first-order chi connectivity index (χ1) is 14.3. The summed E-state index contributed by atoms with van der Waals surface area (Å²) in [5, 5.41) is 0. The van der Waals surface area contributed by atoms with Crippen molar-refractivity contribution in [2.45, 2.75) is 57.5 Å². The molecule has 1 aliphatic carbocycles. The molecule has 0 N–H and O–H groups in total. The molecule has 3 heterocycles. The van der Waals surface area contributed by atoms with E-state index in [4.69, 9.17) is 4.98 Å². The Hall–Kier alpha value is -2.97. The highest BCUT2D eigenvalue weighted by Gasteiger charge is 2.49. The maximum Gasteiger partial charge on any atom is 0.273 e. The van der Waals surface area contributed by atoms with E-state index in [0.717, 1.165) is 31.5 Å². The average Bonchev–Trinajstić information content (AvgIpc) is 3.43. The molecule has 1 aliphatic heterocycles. The summed E-state index contributed by atoms with van der Waals surface area (Å²) < 4.78 is 1.66. The summed E-state index contributed by atoms with van der Waals surface area (Å²) in [7, 11) is 5.17. The summed E-state index contributed by atoms with van der Waals surface area (Å²) in [6, 6.07) is 0.280. The highest BCUT2D eigenvalue weighted by molar-refractivity contribution is 6.07. The molecule has 1 atom stereocenters. The maximum atomic E-state index is 13.3. The van der Waals surface area contributed by atoms with Crippen LogP contribution in [0.25, 0.3) is 5.95 Å². The van der Waals surface area contributed by atoms with Crippen molar-refractivity contribution in [1.82, 2.24) is 24.4 Å². The van der Waals surface area contributed by atoms with Crippen molar-refractivity contribution in [3.63, 3.8) is 0 Å². The zero-order valence-electron chi connectivity index (χ0n) is 18.3. The number of carbonyl (C=O) groups is 2. The van der Waals surface area contributed by atoms with Gasteiger partial charge in [0.15, 0.2) is 5.82 Å². The Bertz CT molecular complexity index is 979. The third-order valence-electron chi connectivity index (χ3n) is 6.44. The van der Waals surface area contributed by atoms with Crippen molar-refractivity contribution in [3.8, 4) is 5.95 Å². The Morgan fingerprint density at radius 2 is 1.97 bits per heavy atom. The predicted octanol–water partition coefficient (Wildman–Crippen LogP) is 2.26. The van der Waals surface area contributed by atoms with E-state index in [1.165, 1.54) is 4.90 Å². The number of amides is 2. The summed E-state index contributed by atoms with van der Waals surface area (Å²) in [4.78, 5) is 44.4. The molecule has 2 aliphatic rings. The van der Waals surface area contributed by atoms with Gasteiger partial charge in [0, 0.05) is 33.4 Å². The van der Waals surface area contributed by atoms with Crippen molar-refractivity contribution in [1.29, 1.82) is 0 Å². The van der Waals surface area contributed by atoms with Crippen LogP contribution in [-0.4, -0.2) is 69.0 Å².